The molecule has 0 aliphatic rings. The molecule has 0 aliphatic heterocycles. The van der Waals surface area contributed by atoms with Crippen LogP contribution in [0.1, 0.15) is 0 Å². The maximum atomic E-state index is 11.7. The third kappa shape index (κ3) is 1.20. The molecule has 0 aliphatic carbocycles. The number of nitrogens with one attached hydrogen (secondary N) is 1. The van der Waals surface area contributed by atoms with Gasteiger partial charge in [0.25, 0.3) is 5.56 Å². The molecule has 8 nitrogen and oxygen atoms in total. The number of para-hydroxylation sites is 1. The van der Waals surface area contributed by atoms with E-state index in [1.54, 1.807) is 24.3 Å². The molecule has 0 saturated carbocycles. The first-order valence-corrected chi connectivity index (χ1v) is 4.69. The van der Waals surface area contributed by atoms with E-state index in [1.807, 2.05) is 0 Å². The van der Waals surface area contributed by atoms with Gasteiger partial charge in [0.2, 0.25) is 0 Å². The summed E-state index contributed by atoms with van der Waals surface area (Å²) in [5.74, 6) is -0.368. The van der Waals surface area contributed by atoms with Gasteiger partial charge in [-0.25, -0.2) is 0 Å². The SMILES string of the molecule is O=c1[nH]c2nnc([N+](=O)[O-])n2c2ccccc12. The Morgan fingerprint density at radius 2 is 2.06 bits per heavy atom. The van der Waals surface area contributed by atoms with E-state index in [1.165, 1.54) is 4.40 Å². The lowest BCUT2D eigenvalue weighted by Gasteiger charge is -1.97. The molecule has 0 spiro atoms. The van der Waals surface area contributed by atoms with E-state index < -0.39 is 10.9 Å². The molecule has 0 atom stereocenters. The second-order valence-electron chi connectivity index (χ2n) is 3.39. The highest BCUT2D eigenvalue weighted by Gasteiger charge is 2.20. The molecule has 3 aromatic rings. The van der Waals surface area contributed by atoms with Crippen molar-refractivity contribution in [2.45, 2.75) is 0 Å². The summed E-state index contributed by atoms with van der Waals surface area (Å²) in [6, 6.07) is 6.55. The fraction of sp³-hybridized carbons (Fsp3) is 0. The van der Waals surface area contributed by atoms with Crippen LogP contribution in [0.15, 0.2) is 29.1 Å². The minimum Gasteiger partial charge on any atom is -0.390 e. The average molecular weight is 231 g/mol. The first-order chi connectivity index (χ1) is 8.18. The topological polar surface area (TPSA) is 106 Å². The van der Waals surface area contributed by atoms with Crippen LogP contribution in [0.25, 0.3) is 16.7 Å². The number of hydrogen-bond donors (Lipinski definition) is 1. The van der Waals surface area contributed by atoms with E-state index in [0.29, 0.717) is 10.9 Å². The molecule has 0 unspecified atom stereocenters. The molecule has 2 aromatic heterocycles. The van der Waals surface area contributed by atoms with Crippen LogP contribution in [0, 0.1) is 10.1 Å². The van der Waals surface area contributed by atoms with Crippen molar-refractivity contribution in [1.29, 1.82) is 0 Å². The third-order valence-corrected chi connectivity index (χ3v) is 2.42. The maximum Gasteiger partial charge on any atom is 0.465 e. The van der Waals surface area contributed by atoms with Gasteiger partial charge in [-0.05, 0) is 22.2 Å². The maximum absolute atomic E-state index is 11.7. The van der Waals surface area contributed by atoms with Crippen LogP contribution in [0.4, 0.5) is 5.95 Å². The normalized spacial score (nSPS) is 11.1. The van der Waals surface area contributed by atoms with E-state index in [9.17, 15) is 14.9 Å². The predicted octanol–water partition coefficient (Wildman–Crippen LogP) is 0.479. The largest absolute Gasteiger partial charge is 0.465 e. The number of aromatic nitrogens is 4. The van der Waals surface area contributed by atoms with Gasteiger partial charge in [0.1, 0.15) is 5.52 Å². The number of H-pyrrole nitrogens is 1. The fourth-order valence-electron chi connectivity index (χ4n) is 1.73. The molecule has 0 amide bonds. The lowest BCUT2D eigenvalue weighted by molar-refractivity contribution is -0.395. The molecule has 2 heterocycles. The van der Waals surface area contributed by atoms with Crippen molar-refractivity contribution in [3.8, 4) is 0 Å². The zero-order chi connectivity index (χ0) is 12.0. The summed E-state index contributed by atoms with van der Waals surface area (Å²) in [5, 5.41) is 18.1. The van der Waals surface area contributed by atoms with E-state index in [4.69, 9.17) is 0 Å². The Balaban J connectivity index is 2.64. The Labute approximate surface area is 92.7 Å². The van der Waals surface area contributed by atoms with Gasteiger partial charge in [-0.1, -0.05) is 12.1 Å². The van der Waals surface area contributed by atoms with Gasteiger partial charge in [0.05, 0.1) is 10.5 Å². The number of rotatable bonds is 1. The minimum absolute atomic E-state index is 0.0559. The molecule has 3 rings (SSSR count). The zero-order valence-electron chi connectivity index (χ0n) is 8.32. The first kappa shape index (κ1) is 9.46. The Kier molecular flexibility index (Phi) is 1.73. The Bertz CT molecular complexity index is 803. The van der Waals surface area contributed by atoms with Crippen LogP contribution in [-0.4, -0.2) is 24.5 Å². The molecule has 0 saturated heterocycles. The lowest BCUT2D eigenvalue weighted by atomic mass is 10.2. The van der Waals surface area contributed by atoms with Gasteiger partial charge in [0, 0.05) is 0 Å². The zero-order valence-corrected chi connectivity index (χ0v) is 8.32. The summed E-state index contributed by atoms with van der Waals surface area (Å²) in [4.78, 5) is 24.2. The molecule has 1 N–H and O–H groups in total. The van der Waals surface area contributed by atoms with Gasteiger partial charge < -0.3 is 10.1 Å². The van der Waals surface area contributed by atoms with Crippen LogP contribution in [0.2, 0.25) is 0 Å². The second-order valence-corrected chi connectivity index (χ2v) is 3.39. The summed E-state index contributed by atoms with van der Waals surface area (Å²) in [7, 11) is 0. The van der Waals surface area contributed by atoms with Crippen LogP contribution in [0.5, 0.6) is 0 Å². The van der Waals surface area contributed by atoms with Crippen molar-refractivity contribution in [2.75, 3.05) is 0 Å². The summed E-state index contributed by atoms with van der Waals surface area (Å²) >= 11 is 0. The van der Waals surface area contributed by atoms with Crippen molar-refractivity contribution in [3.63, 3.8) is 0 Å². The first-order valence-electron chi connectivity index (χ1n) is 4.69. The summed E-state index contributed by atoms with van der Waals surface area (Å²) in [6.07, 6.45) is 0. The predicted molar refractivity (Wildman–Crippen MR) is 57.8 cm³/mol. The highest BCUT2D eigenvalue weighted by atomic mass is 16.6. The molecule has 84 valence electrons. The molecule has 0 bridgehead atoms. The Morgan fingerprint density at radius 3 is 2.82 bits per heavy atom. The van der Waals surface area contributed by atoms with Crippen LogP contribution in [-0.2, 0) is 0 Å². The highest BCUT2D eigenvalue weighted by molar-refractivity contribution is 5.80. The van der Waals surface area contributed by atoms with E-state index in [2.05, 4.69) is 15.2 Å². The smallest absolute Gasteiger partial charge is 0.390 e. The molecule has 1 aromatic carbocycles. The lowest BCUT2D eigenvalue weighted by Crippen LogP contribution is -2.10. The van der Waals surface area contributed by atoms with Crippen molar-refractivity contribution in [3.05, 3.63) is 44.7 Å². The molecule has 0 radical (unpaired) electrons. The quantitative estimate of drug-likeness (QED) is 0.484. The van der Waals surface area contributed by atoms with Gasteiger partial charge in [-0.15, -0.1) is 0 Å². The van der Waals surface area contributed by atoms with E-state index in [-0.39, 0.29) is 11.3 Å². The number of nitro groups is 1. The van der Waals surface area contributed by atoms with Crippen LogP contribution < -0.4 is 5.56 Å². The molecular weight excluding hydrogens is 226 g/mol. The number of fused-ring (bicyclic) bond motifs is 3. The minimum atomic E-state index is -0.648. The second kappa shape index (κ2) is 3.11. The monoisotopic (exact) mass is 231 g/mol. The standard InChI is InChI=1S/C9H5N5O3/c15-7-5-3-1-2-4-6(5)13-8(10-7)11-12-9(13)14(16)17/h1-4H,(H,10,11,15). The number of nitrogens with zero attached hydrogens (tertiary/aromatic N) is 4. The summed E-state index contributed by atoms with van der Waals surface area (Å²) in [6.45, 7) is 0. The highest BCUT2D eigenvalue weighted by Crippen LogP contribution is 2.16. The number of hydrogen-bond acceptors (Lipinski definition) is 5. The molecule has 17 heavy (non-hydrogen) atoms. The average Bonchev–Trinajstić information content (AvgIpc) is 2.73. The van der Waals surface area contributed by atoms with E-state index in [0.717, 1.165) is 0 Å². The molecule has 8 heteroatoms. The van der Waals surface area contributed by atoms with E-state index >= 15 is 0 Å². The van der Waals surface area contributed by atoms with Crippen LogP contribution in [0.3, 0.4) is 0 Å². The fourth-order valence-corrected chi connectivity index (χ4v) is 1.73. The molecular formula is C9H5N5O3. The van der Waals surface area contributed by atoms with Crippen molar-refractivity contribution in [1.82, 2.24) is 19.6 Å². The van der Waals surface area contributed by atoms with Crippen molar-refractivity contribution in [2.24, 2.45) is 0 Å². The van der Waals surface area contributed by atoms with Crippen LogP contribution >= 0.6 is 0 Å². The Hall–Kier alpha value is -2.77. The van der Waals surface area contributed by atoms with Gasteiger partial charge >= 0.3 is 11.7 Å². The molecule has 0 fully saturated rings. The number of benzene rings is 1. The van der Waals surface area contributed by atoms with Gasteiger partial charge in [-0.3, -0.25) is 9.78 Å². The van der Waals surface area contributed by atoms with Crippen molar-refractivity contribution < 1.29 is 4.92 Å². The Morgan fingerprint density at radius 1 is 1.29 bits per heavy atom. The van der Waals surface area contributed by atoms with Gasteiger partial charge in [-0.2, -0.15) is 4.40 Å². The third-order valence-electron chi connectivity index (χ3n) is 2.42. The van der Waals surface area contributed by atoms with Gasteiger partial charge in [0.15, 0.2) is 0 Å². The summed E-state index contributed by atoms with van der Waals surface area (Å²) < 4.78 is 1.21. The summed E-state index contributed by atoms with van der Waals surface area (Å²) in [5.41, 5.74) is 0.0540. The number of aromatic amines is 1. The van der Waals surface area contributed by atoms with Crippen molar-refractivity contribution >= 4 is 22.6 Å².